The molecule has 0 aromatic heterocycles. The molecule has 10 unspecified atom stereocenters. The van der Waals surface area contributed by atoms with Crippen LogP contribution in [0.25, 0.3) is 0 Å². The van der Waals surface area contributed by atoms with Gasteiger partial charge in [-0.1, -0.05) is 116 Å². The van der Waals surface area contributed by atoms with Crippen LogP contribution < -0.4 is 0 Å². The third-order valence-corrected chi connectivity index (χ3v) is 14.4. The van der Waals surface area contributed by atoms with Crippen molar-refractivity contribution in [3.05, 3.63) is 71.8 Å². The molecule has 362 valence electrons. The Bertz CT molecular complexity index is 1730. The van der Waals surface area contributed by atoms with E-state index in [0.29, 0.717) is 55.7 Å². The van der Waals surface area contributed by atoms with Gasteiger partial charge in [-0.3, -0.25) is 9.59 Å². The SMILES string of the molecule is CC[C@@H]1C[C@@H](O)CN1C(=O)CCCCCCC(=O)CCCCCCCCOC1OC(COC(=O)c2ccccc2)C(OC2OC(COC(=O)c3ccccc3)C(C)C(C)C2C)C(C)C1C. The number of aliphatic hydroxyl groups excluding tert-OH is 1. The summed E-state index contributed by atoms with van der Waals surface area (Å²) >= 11 is 0. The highest BCUT2D eigenvalue weighted by atomic mass is 16.7. The molecular weight excluding hydrogens is 827 g/mol. The number of unbranched alkanes of at least 4 members (excludes halogenated alkanes) is 8. The number of amides is 1. The molecule has 65 heavy (non-hydrogen) atoms. The van der Waals surface area contributed by atoms with E-state index in [1.54, 1.807) is 36.4 Å². The van der Waals surface area contributed by atoms with E-state index < -0.39 is 42.8 Å². The van der Waals surface area contributed by atoms with Crippen LogP contribution in [0, 0.1) is 29.6 Å². The van der Waals surface area contributed by atoms with E-state index in [4.69, 9.17) is 28.4 Å². The number of likely N-dealkylation sites (tertiary alicyclic amines) is 1. The Kier molecular flexibility index (Phi) is 21.9. The van der Waals surface area contributed by atoms with Crippen molar-refractivity contribution in [1.29, 1.82) is 0 Å². The highest BCUT2D eigenvalue weighted by Gasteiger charge is 2.48. The molecule has 1 amide bonds. The Morgan fingerprint density at radius 2 is 1.12 bits per heavy atom. The molecule has 3 aliphatic heterocycles. The molecule has 2 aromatic carbocycles. The van der Waals surface area contributed by atoms with E-state index in [2.05, 4.69) is 41.5 Å². The second-order valence-corrected chi connectivity index (χ2v) is 19.1. The van der Waals surface area contributed by atoms with Gasteiger partial charge in [0.1, 0.15) is 25.1 Å². The van der Waals surface area contributed by atoms with Gasteiger partial charge in [-0.25, -0.2) is 9.59 Å². The Morgan fingerprint density at radius 1 is 0.615 bits per heavy atom. The number of carbonyl (C=O) groups excluding carboxylic acids is 4. The molecule has 1 N–H and O–H groups in total. The predicted octanol–water partition coefficient (Wildman–Crippen LogP) is 9.74. The Balaban J connectivity index is 1.01. The quantitative estimate of drug-likeness (QED) is 0.0711. The lowest BCUT2D eigenvalue weighted by atomic mass is 9.78. The molecule has 3 saturated heterocycles. The molecule has 2 aromatic rings. The maximum Gasteiger partial charge on any atom is 0.338 e. The topological polar surface area (TPSA) is 147 Å². The number of rotatable bonds is 26. The molecular formula is C53H79NO11. The molecule has 3 fully saturated rings. The average Bonchev–Trinajstić information content (AvgIpc) is 3.71. The Labute approximate surface area is 388 Å². The zero-order chi connectivity index (χ0) is 46.7. The van der Waals surface area contributed by atoms with Gasteiger partial charge in [0.15, 0.2) is 12.6 Å². The van der Waals surface area contributed by atoms with E-state index in [0.717, 1.165) is 70.6 Å². The minimum Gasteiger partial charge on any atom is -0.459 e. The first-order chi connectivity index (χ1) is 31.4. The van der Waals surface area contributed by atoms with E-state index >= 15 is 0 Å². The minimum absolute atomic E-state index is 0.0172. The fourth-order valence-corrected chi connectivity index (χ4v) is 9.55. The number of Topliss-reactive ketones (excluding diaryl/α,β-unsaturated/α-hetero) is 1. The van der Waals surface area contributed by atoms with Crippen molar-refractivity contribution in [2.45, 2.75) is 181 Å². The first kappa shape index (κ1) is 52.3. The summed E-state index contributed by atoms with van der Waals surface area (Å²) in [5.41, 5.74) is 0.950. The van der Waals surface area contributed by atoms with Crippen molar-refractivity contribution in [2.24, 2.45) is 29.6 Å². The lowest BCUT2D eigenvalue weighted by Gasteiger charge is -2.48. The van der Waals surface area contributed by atoms with Crippen LogP contribution in [0.1, 0.15) is 159 Å². The second-order valence-electron chi connectivity index (χ2n) is 19.1. The third-order valence-electron chi connectivity index (χ3n) is 14.4. The van der Waals surface area contributed by atoms with Gasteiger partial charge < -0.3 is 38.4 Å². The summed E-state index contributed by atoms with van der Waals surface area (Å²) in [4.78, 5) is 52.8. The second kappa shape index (κ2) is 27.2. The van der Waals surface area contributed by atoms with Gasteiger partial charge in [0.25, 0.3) is 0 Å². The van der Waals surface area contributed by atoms with Crippen LogP contribution in [0.3, 0.4) is 0 Å². The molecule has 3 heterocycles. The summed E-state index contributed by atoms with van der Waals surface area (Å²) in [6, 6.07) is 18.0. The zero-order valence-electron chi connectivity index (χ0n) is 40.1. The average molecular weight is 906 g/mol. The number of esters is 2. The van der Waals surface area contributed by atoms with Crippen molar-refractivity contribution in [1.82, 2.24) is 4.90 Å². The van der Waals surface area contributed by atoms with E-state index in [-0.39, 0.29) is 60.9 Å². The highest BCUT2D eigenvalue weighted by Crippen LogP contribution is 2.40. The van der Waals surface area contributed by atoms with Gasteiger partial charge in [0.2, 0.25) is 5.91 Å². The number of nitrogens with zero attached hydrogens (tertiary/aromatic N) is 1. The number of aliphatic hydroxyl groups is 1. The fourth-order valence-electron chi connectivity index (χ4n) is 9.55. The first-order valence-corrected chi connectivity index (χ1v) is 24.9. The van der Waals surface area contributed by atoms with Crippen LogP contribution in [-0.2, 0) is 38.0 Å². The van der Waals surface area contributed by atoms with Crippen LogP contribution in [0.4, 0.5) is 0 Å². The van der Waals surface area contributed by atoms with Gasteiger partial charge in [-0.05, 0) is 80.5 Å². The van der Waals surface area contributed by atoms with Crippen molar-refractivity contribution in [3.8, 4) is 0 Å². The maximum absolute atomic E-state index is 13.1. The van der Waals surface area contributed by atoms with Gasteiger partial charge in [0, 0.05) is 50.3 Å². The van der Waals surface area contributed by atoms with Crippen molar-refractivity contribution in [2.75, 3.05) is 26.4 Å². The summed E-state index contributed by atoms with van der Waals surface area (Å²) < 4.78 is 38.0. The standard InChI is InChI=1S/C53H79NO11/c1-7-43-32-45(56)33-54(43)48(57)30-22-12-11-21-29-44(55)28-20-10-8-9-13-23-31-60-52-40(6)38(4)49(47(64-52)35-62-51(59)42-26-18-15-19-27-42)65-53-39(5)36(2)37(3)46(63-53)34-61-50(58)41-24-16-14-17-25-41/h14-19,24-27,36-40,43,45-47,49,52-53,56H,7-13,20-23,28-35H2,1-6H3/t36?,37?,38?,39?,40?,43-,45-,46?,47?,49?,52?,53?/m1/s1. The molecule has 0 aliphatic carbocycles. The lowest BCUT2D eigenvalue weighted by molar-refractivity contribution is -0.327. The molecule has 12 atom stereocenters. The summed E-state index contributed by atoms with van der Waals surface area (Å²) in [5.74, 6) is -0.0387. The molecule has 0 saturated carbocycles. The van der Waals surface area contributed by atoms with E-state index in [9.17, 15) is 24.3 Å². The summed E-state index contributed by atoms with van der Waals surface area (Å²) in [5, 5.41) is 9.92. The van der Waals surface area contributed by atoms with Gasteiger partial charge in [-0.2, -0.15) is 0 Å². The maximum atomic E-state index is 13.1. The number of ether oxygens (including phenoxy) is 6. The summed E-state index contributed by atoms with van der Waals surface area (Å²) in [6.07, 6.45) is 10.0. The van der Waals surface area contributed by atoms with Crippen LogP contribution >= 0.6 is 0 Å². The van der Waals surface area contributed by atoms with Crippen molar-refractivity contribution in [3.63, 3.8) is 0 Å². The lowest BCUT2D eigenvalue weighted by Crippen LogP contribution is -2.56. The first-order valence-electron chi connectivity index (χ1n) is 24.9. The van der Waals surface area contributed by atoms with Crippen LogP contribution in [-0.4, -0.2) is 103 Å². The van der Waals surface area contributed by atoms with Gasteiger partial charge in [-0.15, -0.1) is 0 Å². The molecule has 0 radical (unpaired) electrons. The molecule has 12 heteroatoms. The third kappa shape index (κ3) is 16.0. The van der Waals surface area contributed by atoms with E-state index in [1.807, 2.05) is 29.2 Å². The number of ketones is 1. The van der Waals surface area contributed by atoms with Gasteiger partial charge in [0.05, 0.1) is 29.4 Å². The van der Waals surface area contributed by atoms with Gasteiger partial charge >= 0.3 is 11.9 Å². The normalized spacial score (nSPS) is 29.1. The summed E-state index contributed by atoms with van der Waals surface area (Å²) in [6.45, 7) is 13.8. The molecule has 5 rings (SSSR count). The Hall–Kier alpha value is -3.68. The van der Waals surface area contributed by atoms with Crippen LogP contribution in [0.5, 0.6) is 0 Å². The summed E-state index contributed by atoms with van der Waals surface area (Å²) in [7, 11) is 0. The number of carbonyl (C=O) groups is 4. The zero-order valence-corrected chi connectivity index (χ0v) is 40.1. The molecule has 3 aliphatic rings. The van der Waals surface area contributed by atoms with E-state index in [1.165, 1.54) is 0 Å². The van der Waals surface area contributed by atoms with Crippen molar-refractivity contribution < 1.29 is 52.7 Å². The predicted molar refractivity (Wildman–Crippen MR) is 249 cm³/mol. The monoisotopic (exact) mass is 906 g/mol. The van der Waals surface area contributed by atoms with Crippen LogP contribution in [0.15, 0.2) is 60.7 Å². The largest absolute Gasteiger partial charge is 0.459 e. The molecule has 12 nitrogen and oxygen atoms in total. The Morgan fingerprint density at radius 3 is 1.71 bits per heavy atom. The fraction of sp³-hybridized carbons (Fsp3) is 0.698. The number of hydrogen-bond acceptors (Lipinski definition) is 11. The number of hydrogen-bond donors (Lipinski definition) is 1. The van der Waals surface area contributed by atoms with Crippen molar-refractivity contribution >= 4 is 23.6 Å². The highest BCUT2D eigenvalue weighted by molar-refractivity contribution is 5.89. The smallest absolute Gasteiger partial charge is 0.338 e. The van der Waals surface area contributed by atoms with Crippen LogP contribution in [0.2, 0.25) is 0 Å². The molecule has 0 spiro atoms. The minimum atomic E-state index is -0.609. The number of benzene rings is 2. The molecule has 0 bridgehead atoms. The number of β-amino-alcohol motifs (C(OH)–C–C–N with tert-alkyl or cyclic N) is 1.